The highest BCUT2D eigenvalue weighted by Crippen LogP contribution is 2.23. The van der Waals surface area contributed by atoms with Gasteiger partial charge in [0.2, 0.25) is 0 Å². The van der Waals surface area contributed by atoms with Crippen molar-refractivity contribution in [2.45, 2.75) is 12.3 Å². The number of hydrogen-bond acceptors (Lipinski definition) is 4. The molecule has 1 unspecified atom stereocenters. The molecule has 0 amide bonds. The molecule has 6 heteroatoms. The minimum Gasteiger partial charge on any atom is -0.481 e. The van der Waals surface area contributed by atoms with Gasteiger partial charge >= 0.3 is 11.7 Å². The molecule has 2 N–H and O–H groups in total. The fraction of sp³-hybridized carbons (Fsp3) is 0.333. The van der Waals surface area contributed by atoms with Crippen LogP contribution in [0.4, 0.5) is 0 Å². The Morgan fingerprint density at radius 2 is 2.33 bits per heavy atom. The van der Waals surface area contributed by atoms with Gasteiger partial charge in [-0.2, -0.15) is 0 Å². The fourth-order valence-corrected chi connectivity index (χ4v) is 1.90. The Morgan fingerprint density at radius 1 is 1.56 bits per heavy atom. The van der Waals surface area contributed by atoms with Crippen LogP contribution in [0.15, 0.2) is 27.4 Å². The summed E-state index contributed by atoms with van der Waals surface area (Å²) in [6, 6.07) is 5.13. The number of aliphatic carboxylic acids is 1. The minimum atomic E-state index is -0.896. The first kappa shape index (κ1) is 12.4. The van der Waals surface area contributed by atoms with E-state index in [1.54, 1.807) is 18.2 Å². The smallest absolute Gasteiger partial charge is 0.417 e. The molecule has 96 valence electrons. The second-order valence-electron chi connectivity index (χ2n) is 4.02. The van der Waals surface area contributed by atoms with E-state index >= 15 is 0 Å². The topological polar surface area (TPSA) is 92.5 Å². The van der Waals surface area contributed by atoms with Crippen LogP contribution in [0.25, 0.3) is 11.1 Å². The maximum atomic E-state index is 11.0. The number of carboxylic acid groups (broad SMARTS) is 1. The van der Waals surface area contributed by atoms with Gasteiger partial charge in [0.05, 0.1) is 18.5 Å². The Hall–Kier alpha value is -2.08. The SMILES string of the molecule is COCC(CC(=O)O)c1ccc2[nH]c(=O)oc2c1. The first-order chi connectivity index (χ1) is 8.60. The molecule has 1 heterocycles. The standard InChI is InChI=1S/C12H13NO5/c1-17-6-8(5-11(14)15)7-2-3-9-10(4-7)18-12(16)13-9/h2-4,8H,5-6H2,1H3,(H,13,16)(H,14,15). The van der Waals surface area contributed by atoms with Gasteiger partial charge in [-0.3, -0.25) is 9.78 Å². The molecule has 0 saturated heterocycles. The molecular weight excluding hydrogens is 238 g/mol. The quantitative estimate of drug-likeness (QED) is 0.836. The fourth-order valence-electron chi connectivity index (χ4n) is 1.90. The maximum Gasteiger partial charge on any atom is 0.417 e. The Bertz CT molecular complexity index is 612. The number of aromatic amines is 1. The van der Waals surface area contributed by atoms with Crippen molar-refractivity contribution in [3.05, 3.63) is 34.3 Å². The van der Waals surface area contributed by atoms with Crippen molar-refractivity contribution in [1.29, 1.82) is 0 Å². The number of carboxylic acids is 1. The summed E-state index contributed by atoms with van der Waals surface area (Å²) in [5, 5.41) is 8.85. The van der Waals surface area contributed by atoms with Crippen LogP contribution < -0.4 is 5.76 Å². The van der Waals surface area contributed by atoms with E-state index in [0.717, 1.165) is 5.56 Å². The second-order valence-corrected chi connectivity index (χ2v) is 4.02. The van der Waals surface area contributed by atoms with Gasteiger partial charge in [0.15, 0.2) is 5.58 Å². The predicted octanol–water partition coefficient (Wildman–Crippen LogP) is 1.33. The number of benzene rings is 1. The van der Waals surface area contributed by atoms with Crippen molar-refractivity contribution >= 4 is 17.1 Å². The number of methoxy groups -OCH3 is 1. The first-order valence-corrected chi connectivity index (χ1v) is 5.43. The van der Waals surface area contributed by atoms with Crippen LogP contribution in [0.1, 0.15) is 17.9 Å². The Morgan fingerprint density at radius 3 is 3.00 bits per heavy atom. The summed E-state index contributed by atoms with van der Waals surface area (Å²) in [5.74, 6) is -1.69. The van der Waals surface area contributed by atoms with E-state index < -0.39 is 11.7 Å². The molecule has 0 saturated carbocycles. The second kappa shape index (κ2) is 5.05. The normalized spacial score (nSPS) is 12.7. The van der Waals surface area contributed by atoms with Crippen molar-refractivity contribution in [2.24, 2.45) is 0 Å². The van der Waals surface area contributed by atoms with Crippen LogP contribution in [0.5, 0.6) is 0 Å². The molecule has 0 aliphatic heterocycles. The van der Waals surface area contributed by atoms with Crippen LogP contribution in [0.2, 0.25) is 0 Å². The number of rotatable bonds is 5. The van der Waals surface area contributed by atoms with Gasteiger partial charge in [0, 0.05) is 13.0 Å². The van der Waals surface area contributed by atoms with E-state index in [1.165, 1.54) is 7.11 Å². The van der Waals surface area contributed by atoms with E-state index in [4.69, 9.17) is 14.3 Å². The summed E-state index contributed by atoms with van der Waals surface area (Å²) in [7, 11) is 1.52. The van der Waals surface area contributed by atoms with E-state index in [2.05, 4.69) is 4.98 Å². The first-order valence-electron chi connectivity index (χ1n) is 5.43. The molecule has 0 aliphatic rings. The lowest BCUT2D eigenvalue weighted by Crippen LogP contribution is -2.11. The van der Waals surface area contributed by atoms with Crippen molar-refractivity contribution in [1.82, 2.24) is 4.98 Å². The van der Waals surface area contributed by atoms with E-state index in [0.29, 0.717) is 17.7 Å². The summed E-state index contributed by atoms with van der Waals surface area (Å²) in [6.07, 6.45) is -0.0337. The molecule has 18 heavy (non-hydrogen) atoms. The summed E-state index contributed by atoms with van der Waals surface area (Å²) >= 11 is 0. The molecule has 1 aromatic heterocycles. The lowest BCUT2D eigenvalue weighted by atomic mass is 9.96. The lowest BCUT2D eigenvalue weighted by molar-refractivity contribution is -0.137. The molecule has 0 bridgehead atoms. The average molecular weight is 251 g/mol. The zero-order valence-corrected chi connectivity index (χ0v) is 9.80. The molecule has 2 rings (SSSR count). The number of aromatic nitrogens is 1. The third-order valence-electron chi connectivity index (χ3n) is 2.71. The largest absolute Gasteiger partial charge is 0.481 e. The molecular formula is C12H13NO5. The Kier molecular flexibility index (Phi) is 3.47. The van der Waals surface area contributed by atoms with Crippen LogP contribution in [0, 0.1) is 0 Å². The number of fused-ring (bicyclic) bond motifs is 1. The van der Waals surface area contributed by atoms with Crippen molar-refractivity contribution in [3.63, 3.8) is 0 Å². The van der Waals surface area contributed by atoms with Crippen LogP contribution in [-0.4, -0.2) is 29.8 Å². The summed E-state index contributed by atoms with van der Waals surface area (Å²) in [4.78, 5) is 24.4. The molecule has 0 fully saturated rings. The number of nitrogens with one attached hydrogen (secondary N) is 1. The summed E-state index contributed by atoms with van der Waals surface area (Å²) in [5.41, 5.74) is 1.79. The minimum absolute atomic E-state index is 0.0337. The monoisotopic (exact) mass is 251 g/mol. The molecule has 0 aliphatic carbocycles. The Labute approximate surface area is 102 Å². The van der Waals surface area contributed by atoms with Gasteiger partial charge in [-0.15, -0.1) is 0 Å². The number of carbonyl (C=O) groups is 1. The van der Waals surface area contributed by atoms with Gasteiger partial charge in [-0.25, -0.2) is 4.79 Å². The van der Waals surface area contributed by atoms with E-state index in [-0.39, 0.29) is 12.3 Å². The zero-order valence-electron chi connectivity index (χ0n) is 9.80. The van der Waals surface area contributed by atoms with Crippen LogP contribution >= 0.6 is 0 Å². The summed E-state index contributed by atoms with van der Waals surface area (Å²) in [6.45, 7) is 0.298. The van der Waals surface area contributed by atoms with Gasteiger partial charge in [0.25, 0.3) is 0 Å². The van der Waals surface area contributed by atoms with Gasteiger partial charge in [0.1, 0.15) is 0 Å². The summed E-state index contributed by atoms with van der Waals surface area (Å²) < 4.78 is 9.96. The van der Waals surface area contributed by atoms with Crippen molar-refractivity contribution in [2.75, 3.05) is 13.7 Å². The molecule has 6 nitrogen and oxygen atoms in total. The number of ether oxygens (including phenoxy) is 1. The number of oxazole rings is 1. The number of hydrogen-bond donors (Lipinski definition) is 2. The highest BCUT2D eigenvalue weighted by Gasteiger charge is 2.16. The van der Waals surface area contributed by atoms with Crippen LogP contribution in [-0.2, 0) is 9.53 Å². The molecule has 0 spiro atoms. The zero-order chi connectivity index (χ0) is 13.1. The predicted molar refractivity (Wildman–Crippen MR) is 63.7 cm³/mol. The van der Waals surface area contributed by atoms with Gasteiger partial charge < -0.3 is 14.3 Å². The lowest BCUT2D eigenvalue weighted by Gasteiger charge is -2.13. The third-order valence-corrected chi connectivity index (χ3v) is 2.71. The third kappa shape index (κ3) is 2.60. The van der Waals surface area contributed by atoms with Gasteiger partial charge in [-0.05, 0) is 17.7 Å². The highest BCUT2D eigenvalue weighted by atomic mass is 16.5. The number of H-pyrrole nitrogens is 1. The van der Waals surface area contributed by atoms with E-state index in [9.17, 15) is 9.59 Å². The average Bonchev–Trinajstić information content (AvgIpc) is 2.66. The molecule has 1 aromatic carbocycles. The van der Waals surface area contributed by atoms with E-state index in [1.807, 2.05) is 0 Å². The van der Waals surface area contributed by atoms with Crippen molar-refractivity contribution in [3.8, 4) is 0 Å². The molecule has 1 atom stereocenters. The molecule has 2 aromatic rings. The van der Waals surface area contributed by atoms with Crippen molar-refractivity contribution < 1.29 is 19.1 Å². The highest BCUT2D eigenvalue weighted by molar-refractivity contribution is 5.74. The Balaban J connectivity index is 2.36. The van der Waals surface area contributed by atoms with Crippen LogP contribution in [0.3, 0.4) is 0 Å². The molecule has 0 radical (unpaired) electrons. The maximum absolute atomic E-state index is 11.0. The van der Waals surface area contributed by atoms with Gasteiger partial charge in [-0.1, -0.05) is 6.07 Å².